The van der Waals surface area contributed by atoms with Crippen LogP contribution in [0.5, 0.6) is 0 Å². The third-order valence-electron chi connectivity index (χ3n) is 8.01. The summed E-state index contributed by atoms with van der Waals surface area (Å²) in [6.07, 6.45) is -1.72. The van der Waals surface area contributed by atoms with Gasteiger partial charge in [0.05, 0.1) is 15.9 Å². The highest BCUT2D eigenvalue weighted by atomic mass is 16.6. The predicted octanol–water partition coefficient (Wildman–Crippen LogP) is 4.69. The molecular weight excluding hydrogens is 596 g/mol. The minimum absolute atomic E-state index is 0.0194. The number of amides is 3. The summed E-state index contributed by atoms with van der Waals surface area (Å²) in [6, 6.07) is 19.9. The second-order valence-corrected chi connectivity index (χ2v) is 11.2. The number of nitro benzene ring substituents is 1. The maximum absolute atomic E-state index is 13.1. The fourth-order valence-corrected chi connectivity index (χ4v) is 5.39. The molecule has 0 heterocycles. The number of carbonyl (C=O) groups is 4. The Balaban J connectivity index is 1.30. The van der Waals surface area contributed by atoms with Gasteiger partial charge < -0.3 is 30.1 Å². The number of nitrogens with zero attached hydrogens (tertiary/aromatic N) is 2. The van der Waals surface area contributed by atoms with Gasteiger partial charge in [-0.2, -0.15) is 0 Å². The highest BCUT2D eigenvalue weighted by Crippen LogP contribution is 2.44. The summed E-state index contributed by atoms with van der Waals surface area (Å²) in [5.74, 6) is -2.33. The average molecular weight is 633 g/mol. The van der Waals surface area contributed by atoms with Crippen LogP contribution in [0.15, 0.2) is 72.8 Å². The second kappa shape index (κ2) is 14.5. The van der Waals surface area contributed by atoms with Gasteiger partial charge in [-0.1, -0.05) is 60.7 Å². The number of nitro groups is 1. The van der Waals surface area contributed by atoms with Gasteiger partial charge in [-0.25, -0.2) is 14.4 Å². The number of alkyl carbamates (subject to hydrolysis) is 1. The van der Waals surface area contributed by atoms with Crippen molar-refractivity contribution in [3.05, 3.63) is 99.6 Å². The normalized spacial score (nSPS) is 12.7. The number of aliphatic carboxylic acids is 1. The van der Waals surface area contributed by atoms with E-state index in [4.69, 9.17) is 9.47 Å². The molecule has 3 aromatic rings. The van der Waals surface area contributed by atoms with Crippen molar-refractivity contribution in [2.75, 3.05) is 26.2 Å². The van der Waals surface area contributed by atoms with E-state index in [-0.39, 0.29) is 50.0 Å². The van der Waals surface area contributed by atoms with E-state index in [1.165, 1.54) is 36.9 Å². The quantitative estimate of drug-likeness (QED) is 0.178. The first-order valence-corrected chi connectivity index (χ1v) is 14.7. The summed E-state index contributed by atoms with van der Waals surface area (Å²) < 4.78 is 10.7. The van der Waals surface area contributed by atoms with Crippen LogP contribution in [0, 0.1) is 15.5 Å². The lowest BCUT2D eigenvalue weighted by molar-refractivity contribution is -0.385. The topological polar surface area (TPSA) is 177 Å². The standard InChI is InChI=1S/C33H36N4O9/c1-4-36(32(42)46-19-21-11-5-10-16-27(21)37(43)44)18-17-34-30(40)33(2,3)28(29(38)39)35-31(41)45-20-26-24-14-8-6-12-22(24)23-13-7-9-15-25(23)26/h5-16,26,28H,4,17-20H2,1-3H3,(H,34,40)(H,35,41)(H,38,39)/t28-/m1/s1. The maximum Gasteiger partial charge on any atom is 0.410 e. The number of likely N-dealkylation sites (N-methyl/N-ethyl adjacent to an activating group) is 1. The number of carbonyl (C=O) groups excluding carboxylic acids is 3. The monoisotopic (exact) mass is 632 g/mol. The number of rotatable bonds is 13. The average Bonchev–Trinajstić information content (AvgIpc) is 3.36. The first kappa shape index (κ1) is 33.4. The summed E-state index contributed by atoms with van der Waals surface area (Å²) in [4.78, 5) is 62.7. The van der Waals surface area contributed by atoms with Crippen molar-refractivity contribution in [3.8, 4) is 11.1 Å². The summed E-state index contributed by atoms with van der Waals surface area (Å²) in [5, 5.41) is 26.1. The Morgan fingerprint density at radius 1 is 0.957 bits per heavy atom. The Morgan fingerprint density at radius 2 is 1.54 bits per heavy atom. The molecule has 0 aromatic heterocycles. The lowest BCUT2D eigenvalue weighted by atomic mass is 9.83. The van der Waals surface area contributed by atoms with Crippen molar-refractivity contribution in [2.24, 2.45) is 5.41 Å². The van der Waals surface area contributed by atoms with Crippen LogP contribution in [0.3, 0.4) is 0 Å². The Morgan fingerprint density at radius 3 is 2.13 bits per heavy atom. The molecule has 1 aliphatic carbocycles. The number of ether oxygens (including phenoxy) is 2. The molecule has 46 heavy (non-hydrogen) atoms. The molecule has 0 radical (unpaired) electrons. The molecule has 1 aliphatic rings. The van der Waals surface area contributed by atoms with Gasteiger partial charge in [-0.05, 0) is 49.1 Å². The number of nitrogens with one attached hydrogen (secondary N) is 2. The summed E-state index contributed by atoms with van der Waals surface area (Å²) in [6.45, 7) is 4.30. The number of hydrogen-bond donors (Lipinski definition) is 3. The largest absolute Gasteiger partial charge is 0.480 e. The Hall–Kier alpha value is -5.46. The van der Waals surface area contributed by atoms with E-state index in [0.717, 1.165) is 22.3 Å². The van der Waals surface area contributed by atoms with Crippen molar-refractivity contribution in [1.82, 2.24) is 15.5 Å². The number of carboxylic acids is 1. The molecule has 0 saturated carbocycles. The van der Waals surface area contributed by atoms with E-state index in [2.05, 4.69) is 10.6 Å². The van der Waals surface area contributed by atoms with Crippen LogP contribution >= 0.6 is 0 Å². The minimum Gasteiger partial charge on any atom is -0.480 e. The molecular formula is C33H36N4O9. The van der Waals surface area contributed by atoms with Crippen LogP contribution in [0.2, 0.25) is 0 Å². The van der Waals surface area contributed by atoms with Crippen LogP contribution in [0.4, 0.5) is 15.3 Å². The molecule has 0 saturated heterocycles. The van der Waals surface area contributed by atoms with Crippen molar-refractivity contribution in [1.29, 1.82) is 0 Å². The molecule has 0 unspecified atom stereocenters. The predicted molar refractivity (Wildman–Crippen MR) is 167 cm³/mol. The van der Waals surface area contributed by atoms with E-state index in [1.54, 1.807) is 13.0 Å². The lowest BCUT2D eigenvalue weighted by Crippen LogP contribution is -2.57. The van der Waals surface area contributed by atoms with Crippen LogP contribution in [0.1, 0.15) is 43.4 Å². The van der Waals surface area contributed by atoms with Gasteiger partial charge in [-0.3, -0.25) is 14.9 Å². The molecule has 3 aromatic carbocycles. The molecule has 3 N–H and O–H groups in total. The molecule has 0 spiro atoms. The highest BCUT2D eigenvalue weighted by Gasteiger charge is 2.43. The highest BCUT2D eigenvalue weighted by molar-refractivity contribution is 5.91. The number of benzene rings is 3. The van der Waals surface area contributed by atoms with Gasteiger partial charge in [0.25, 0.3) is 5.69 Å². The number of para-hydroxylation sites is 1. The van der Waals surface area contributed by atoms with Gasteiger partial charge >= 0.3 is 18.2 Å². The molecule has 0 bridgehead atoms. The van der Waals surface area contributed by atoms with Gasteiger partial charge in [0, 0.05) is 31.6 Å². The van der Waals surface area contributed by atoms with E-state index >= 15 is 0 Å². The first-order valence-electron chi connectivity index (χ1n) is 14.7. The van der Waals surface area contributed by atoms with Gasteiger partial charge in [0.2, 0.25) is 5.91 Å². The Bertz CT molecular complexity index is 1580. The van der Waals surface area contributed by atoms with Gasteiger partial charge in [0.15, 0.2) is 0 Å². The minimum atomic E-state index is -1.63. The zero-order chi connectivity index (χ0) is 33.4. The molecule has 1 atom stereocenters. The van der Waals surface area contributed by atoms with Crippen molar-refractivity contribution < 1.29 is 38.7 Å². The number of hydrogen-bond acceptors (Lipinski definition) is 8. The van der Waals surface area contributed by atoms with Crippen molar-refractivity contribution in [2.45, 2.75) is 39.3 Å². The molecule has 0 fully saturated rings. The maximum atomic E-state index is 13.1. The number of fused-ring (bicyclic) bond motifs is 3. The zero-order valence-electron chi connectivity index (χ0n) is 25.7. The van der Waals surface area contributed by atoms with E-state index in [0.29, 0.717) is 0 Å². The van der Waals surface area contributed by atoms with E-state index < -0.39 is 40.4 Å². The van der Waals surface area contributed by atoms with Crippen LogP contribution in [0.25, 0.3) is 11.1 Å². The third-order valence-corrected chi connectivity index (χ3v) is 8.01. The molecule has 13 heteroatoms. The molecule has 3 amide bonds. The van der Waals surface area contributed by atoms with Crippen molar-refractivity contribution in [3.63, 3.8) is 0 Å². The molecule has 4 rings (SSSR count). The van der Waals surface area contributed by atoms with E-state index in [9.17, 15) is 34.4 Å². The Kier molecular flexibility index (Phi) is 10.6. The number of carboxylic acid groups (broad SMARTS) is 1. The SMILES string of the molecule is CCN(CCNC(=O)C(C)(C)[C@H](NC(=O)OCC1c2ccccc2-c2ccccc21)C(=O)O)C(=O)OCc1ccccc1[N+](=O)[O-]. The van der Waals surface area contributed by atoms with Crippen molar-refractivity contribution >= 4 is 29.8 Å². The summed E-state index contributed by atoms with van der Waals surface area (Å²) in [5.41, 5.74) is 2.53. The fraction of sp³-hybridized carbons (Fsp3) is 0.333. The van der Waals surface area contributed by atoms with E-state index in [1.807, 2.05) is 48.5 Å². The van der Waals surface area contributed by atoms with Crippen LogP contribution < -0.4 is 10.6 Å². The fourth-order valence-electron chi connectivity index (χ4n) is 5.39. The third kappa shape index (κ3) is 7.42. The van der Waals surface area contributed by atoms with Gasteiger partial charge in [0.1, 0.15) is 19.3 Å². The second-order valence-electron chi connectivity index (χ2n) is 11.2. The Labute approximate surface area is 265 Å². The summed E-state index contributed by atoms with van der Waals surface area (Å²) in [7, 11) is 0. The zero-order valence-corrected chi connectivity index (χ0v) is 25.7. The smallest absolute Gasteiger partial charge is 0.410 e. The summed E-state index contributed by atoms with van der Waals surface area (Å²) >= 11 is 0. The lowest BCUT2D eigenvalue weighted by Gasteiger charge is -2.31. The molecule has 242 valence electrons. The first-order chi connectivity index (χ1) is 21.9. The molecule has 13 nitrogen and oxygen atoms in total. The molecule has 0 aliphatic heterocycles. The van der Waals surface area contributed by atoms with Crippen LogP contribution in [-0.4, -0.2) is 71.3 Å². The van der Waals surface area contributed by atoms with Gasteiger partial charge in [-0.15, -0.1) is 0 Å². The van der Waals surface area contributed by atoms with Crippen LogP contribution in [-0.2, 0) is 25.7 Å².